The third-order valence-corrected chi connectivity index (χ3v) is 0. The molecule has 0 aliphatic rings. The monoisotopic (exact) mass is 320 g/mol. The van der Waals surface area contributed by atoms with Crippen LogP contribution in [0, 0.1) is 0 Å². The van der Waals surface area contributed by atoms with E-state index in [1.807, 2.05) is 0 Å². The predicted molar refractivity (Wildman–Crippen MR) is 3.43 cm³/mol. The first-order valence-corrected chi connectivity index (χ1v) is 0. The van der Waals surface area contributed by atoms with E-state index in [2.05, 4.69) is 0 Å². The fraction of sp³-hybridized carbons (Fsp3) is 0. The van der Waals surface area contributed by atoms with Crippen molar-refractivity contribution in [2.24, 2.45) is 0 Å². The van der Waals surface area contributed by atoms with Gasteiger partial charge in [-0.05, 0) is 0 Å². The van der Waals surface area contributed by atoms with E-state index in [9.17, 15) is 0 Å². The van der Waals surface area contributed by atoms with Crippen molar-refractivity contribution in [1.82, 2.24) is 0 Å². The van der Waals surface area contributed by atoms with Gasteiger partial charge < -0.3 is 27.4 Å². The summed E-state index contributed by atoms with van der Waals surface area (Å²) in [7, 11) is 0. The maximum absolute atomic E-state index is 0. The Bertz CT molecular complexity index is 10.0. The molecule has 0 atom stereocenters. The summed E-state index contributed by atoms with van der Waals surface area (Å²) < 4.78 is 0. The summed E-state index contributed by atoms with van der Waals surface area (Å²) in [5, 5.41) is 0. The zero-order chi connectivity index (χ0) is 0. The van der Waals surface area contributed by atoms with Gasteiger partial charge in [-0.1, -0.05) is 0 Å². The van der Waals surface area contributed by atoms with E-state index in [4.69, 9.17) is 0 Å². The fourth-order valence-corrected chi connectivity index (χ4v) is 0. The fourth-order valence-electron chi connectivity index (χ4n) is 0. The van der Waals surface area contributed by atoms with Crippen LogP contribution in [-0.4, -0.2) is 0 Å². The molecule has 0 aromatic rings. The molecular weight excluding hydrogens is 319 g/mol. The molecular formula is O5Ti5. The summed E-state index contributed by atoms with van der Waals surface area (Å²) in [4.78, 5) is 0. The molecule has 0 unspecified atom stereocenters. The van der Waals surface area contributed by atoms with Gasteiger partial charge in [0.2, 0.25) is 0 Å². The number of rotatable bonds is 0. The summed E-state index contributed by atoms with van der Waals surface area (Å²) in [6, 6.07) is 0. The van der Waals surface area contributed by atoms with Crippen LogP contribution in [0.2, 0.25) is 0 Å². The summed E-state index contributed by atoms with van der Waals surface area (Å²) in [6.45, 7) is 0. The second-order valence-electron chi connectivity index (χ2n) is 0. The SMILES string of the molecule is [O-2].[O-2].[O-2].[O-2].[O-2].[Ti+2].[Ti+2].[Ti+2].[Ti+2].[Ti+2]. The molecule has 0 N–H and O–H groups in total. The molecule has 0 spiro atoms. The maximum Gasteiger partial charge on any atom is 2.00 e. The molecule has 0 fully saturated rings. The standard InChI is InChI=1S/5O.5Ti/q5*-2;5*+2. The Labute approximate surface area is 134 Å². The molecule has 5 nitrogen and oxygen atoms in total. The Balaban J connectivity index is 0. The molecule has 0 bridgehead atoms. The van der Waals surface area contributed by atoms with Gasteiger partial charge in [-0.25, -0.2) is 0 Å². The first kappa shape index (κ1) is 180. The van der Waals surface area contributed by atoms with Crippen LogP contribution in [0.4, 0.5) is 0 Å². The first-order chi connectivity index (χ1) is 0. The van der Waals surface area contributed by atoms with E-state index in [0.717, 1.165) is 0 Å². The Hall–Kier alpha value is 3.37. The minimum absolute atomic E-state index is 0. The van der Waals surface area contributed by atoms with Crippen molar-refractivity contribution < 1.29 is 136 Å². The quantitative estimate of drug-likeness (QED) is 0.525. The van der Waals surface area contributed by atoms with Crippen LogP contribution in [-0.2, 0) is 136 Å². The van der Waals surface area contributed by atoms with Gasteiger partial charge in [0.1, 0.15) is 0 Å². The number of hydrogen-bond donors (Lipinski definition) is 0. The van der Waals surface area contributed by atoms with Gasteiger partial charge in [0.25, 0.3) is 0 Å². The van der Waals surface area contributed by atoms with Gasteiger partial charge in [-0.2, -0.15) is 0 Å². The smallest absolute Gasteiger partial charge is 2.00 e. The molecule has 0 aliphatic carbocycles. The van der Waals surface area contributed by atoms with Crippen LogP contribution < -0.4 is 0 Å². The molecule has 10 heavy (non-hydrogen) atoms. The van der Waals surface area contributed by atoms with E-state index in [0.29, 0.717) is 0 Å². The second-order valence-corrected chi connectivity index (χ2v) is 0. The van der Waals surface area contributed by atoms with Crippen LogP contribution in [0.25, 0.3) is 0 Å². The van der Waals surface area contributed by atoms with E-state index >= 15 is 0 Å². The maximum atomic E-state index is 0. The molecule has 0 aromatic heterocycles. The normalized spacial score (nSPS) is 0. The Morgan fingerprint density at radius 1 is 0.200 bits per heavy atom. The van der Waals surface area contributed by atoms with E-state index in [-0.39, 0.29) is 136 Å². The van der Waals surface area contributed by atoms with E-state index < -0.39 is 0 Å². The van der Waals surface area contributed by atoms with Crippen molar-refractivity contribution in [3.63, 3.8) is 0 Å². The first-order valence-electron chi connectivity index (χ1n) is 0. The molecule has 0 aromatic carbocycles. The van der Waals surface area contributed by atoms with Crippen molar-refractivity contribution >= 4 is 0 Å². The van der Waals surface area contributed by atoms with Gasteiger partial charge in [0, 0.05) is 0 Å². The minimum Gasteiger partial charge on any atom is -2.00 e. The third kappa shape index (κ3) is 108. The zero-order valence-electron chi connectivity index (χ0n) is 4.54. The van der Waals surface area contributed by atoms with Crippen molar-refractivity contribution in [2.75, 3.05) is 0 Å². The Morgan fingerprint density at radius 3 is 0.200 bits per heavy atom. The van der Waals surface area contributed by atoms with E-state index in [1.54, 1.807) is 0 Å². The topological polar surface area (TPSA) is 142 Å². The summed E-state index contributed by atoms with van der Waals surface area (Å²) in [5.74, 6) is 0. The molecule has 0 radical (unpaired) electrons. The van der Waals surface area contributed by atoms with Gasteiger partial charge in [-0.3, -0.25) is 0 Å². The average Bonchev–Trinajstić information content (AvgIpc) is 0. The molecule has 50 valence electrons. The third-order valence-electron chi connectivity index (χ3n) is 0. The zero-order valence-corrected chi connectivity index (χ0v) is 12.3. The van der Waals surface area contributed by atoms with Gasteiger partial charge in [0.15, 0.2) is 0 Å². The largest absolute Gasteiger partial charge is 2.00 e. The van der Waals surface area contributed by atoms with Gasteiger partial charge in [-0.15, -0.1) is 0 Å². The molecule has 0 amide bonds. The van der Waals surface area contributed by atoms with Crippen LogP contribution >= 0.6 is 0 Å². The van der Waals surface area contributed by atoms with E-state index in [1.165, 1.54) is 0 Å². The average molecular weight is 319 g/mol. The van der Waals surface area contributed by atoms with Gasteiger partial charge in [0.05, 0.1) is 0 Å². The van der Waals surface area contributed by atoms with Crippen LogP contribution in [0.15, 0.2) is 0 Å². The Kier molecular flexibility index (Phi) is 2530. The molecule has 0 saturated heterocycles. The minimum atomic E-state index is 0. The molecule has 0 aliphatic heterocycles. The summed E-state index contributed by atoms with van der Waals surface area (Å²) >= 11 is 0. The summed E-state index contributed by atoms with van der Waals surface area (Å²) in [5.41, 5.74) is 0. The second kappa shape index (κ2) is 141. The van der Waals surface area contributed by atoms with Gasteiger partial charge >= 0.3 is 109 Å². The molecule has 0 heterocycles. The molecule has 0 rings (SSSR count). The Morgan fingerprint density at radius 2 is 0.200 bits per heavy atom. The van der Waals surface area contributed by atoms with Crippen LogP contribution in [0.3, 0.4) is 0 Å². The predicted octanol–water partition coefficient (Wildman–Crippen LogP) is -0.606. The van der Waals surface area contributed by atoms with Crippen molar-refractivity contribution in [3.8, 4) is 0 Å². The molecule has 10 heteroatoms. The van der Waals surface area contributed by atoms with Crippen molar-refractivity contribution in [3.05, 3.63) is 0 Å². The van der Waals surface area contributed by atoms with Crippen molar-refractivity contribution in [2.45, 2.75) is 0 Å². The van der Waals surface area contributed by atoms with Crippen LogP contribution in [0.1, 0.15) is 0 Å². The summed E-state index contributed by atoms with van der Waals surface area (Å²) in [6.07, 6.45) is 0. The van der Waals surface area contributed by atoms with Crippen molar-refractivity contribution in [1.29, 1.82) is 0 Å². The number of hydrogen-bond acceptors (Lipinski definition) is 0. The molecule has 0 saturated carbocycles. The van der Waals surface area contributed by atoms with Crippen LogP contribution in [0.5, 0.6) is 0 Å².